The number of alkyl halides is 1. The van der Waals surface area contributed by atoms with E-state index in [-0.39, 0.29) is 11.8 Å². The van der Waals surface area contributed by atoms with Crippen molar-refractivity contribution < 1.29 is 9.53 Å². The van der Waals surface area contributed by atoms with Gasteiger partial charge in [-0.05, 0) is 26.3 Å². The van der Waals surface area contributed by atoms with Gasteiger partial charge in [0.15, 0.2) is 0 Å². The van der Waals surface area contributed by atoms with Crippen LogP contribution in [0.1, 0.15) is 25.0 Å². The number of amides is 1. The zero-order valence-corrected chi connectivity index (χ0v) is 11.4. The first-order valence-corrected chi connectivity index (χ1v) is 5.97. The van der Waals surface area contributed by atoms with Crippen molar-refractivity contribution in [2.75, 3.05) is 18.3 Å². The maximum atomic E-state index is 11.4. The minimum atomic E-state index is -0.457. The Morgan fingerprint density at radius 2 is 2.12 bits per heavy atom. The number of hydrogen-bond acceptors (Lipinski definition) is 2. The average molecular weight is 256 g/mol. The van der Waals surface area contributed by atoms with E-state index in [0.29, 0.717) is 0 Å². The number of ether oxygens (including phenoxy) is 1. The van der Waals surface area contributed by atoms with E-state index in [2.05, 4.69) is 5.32 Å². The third kappa shape index (κ3) is 3.20. The Labute approximate surface area is 107 Å². The van der Waals surface area contributed by atoms with E-state index in [1.807, 2.05) is 39.0 Å². The van der Waals surface area contributed by atoms with Crippen molar-refractivity contribution >= 4 is 23.2 Å². The Bertz CT molecular complexity index is 416. The summed E-state index contributed by atoms with van der Waals surface area (Å²) in [5, 5.41) is 2.82. The zero-order valence-electron chi connectivity index (χ0n) is 10.6. The average Bonchev–Trinajstić information content (AvgIpc) is 2.31. The molecule has 1 aromatic carbocycles. The summed E-state index contributed by atoms with van der Waals surface area (Å²) in [4.78, 5) is 11.4. The van der Waals surface area contributed by atoms with Crippen molar-refractivity contribution in [2.45, 2.75) is 26.4 Å². The highest BCUT2D eigenvalue weighted by molar-refractivity contribution is 6.29. The van der Waals surface area contributed by atoms with E-state index in [0.717, 1.165) is 16.8 Å². The molecule has 4 heteroatoms. The standard InChI is InChI=1S/C13H18ClNO2/c1-9-6-5-7-10(13(2,3)17-4)12(9)15-11(16)8-14/h5-7H,8H2,1-4H3,(H,15,16). The van der Waals surface area contributed by atoms with E-state index in [1.165, 1.54) is 0 Å². The predicted molar refractivity (Wildman–Crippen MR) is 70.6 cm³/mol. The number of aryl methyl sites for hydroxylation is 1. The van der Waals surface area contributed by atoms with E-state index in [9.17, 15) is 4.79 Å². The minimum absolute atomic E-state index is 0.0544. The lowest BCUT2D eigenvalue weighted by atomic mass is 9.94. The molecular formula is C13H18ClNO2. The second kappa shape index (κ2) is 5.52. The molecule has 94 valence electrons. The Morgan fingerprint density at radius 1 is 1.47 bits per heavy atom. The summed E-state index contributed by atoms with van der Waals surface area (Å²) in [7, 11) is 1.65. The molecule has 0 saturated heterocycles. The number of methoxy groups -OCH3 is 1. The summed E-state index contributed by atoms with van der Waals surface area (Å²) in [6.07, 6.45) is 0. The molecule has 1 rings (SSSR count). The Hall–Kier alpha value is -1.06. The Kier molecular flexibility index (Phi) is 4.54. The number of halogens is 1. The lowest BCUT2D eigenvalue weighted by Gasteiger charge is -2.27. The van der Waals surface area contributed by atoms with Crippen LogP contribution < -0.4 is 5.32 Å². The van der Waals surface area contributed by atoms with Crippen molar-refractivity contribution in [1.29, 1.82) is 0 Å². The van der Waals surface area contributed by atoms with Gasteiger partial charge >= 0.3 is 0 Å². The molecule has 1 amide bonds. The summed E-state index contributed by atoms with van der Waals surface area (Å²) in [6.45, 7) is 5.86. The molecule has 0 heterocycles. The summed E-state index contributed by atoms with van der Waals surface area (Å²) < 4.78 is 5.45. The highest BCUT2D eigenvalue weighted by atomic mass is 35.5. The first kappa shape index (κ1) is 14.0. The van der Waals surface area contributed by atoms with Crippen molar-refractivity contribution in [3.63, 3.8) is 0 Å². The van der Waals surface area contributed by atoms with Crippen LogP contribution in [0.4, 0.5) is 5.69 Å². The van der Waals surface area contributed by atoms with Crippen LogP contribution in [0.25, 0.3) is 0 Å². The molecule has 0 fully saturated rings. The number of para-hydroxylation sites is 1. The number of carbonyl (C=O) groups is 1. The largest absolute Gasteiger partial charge is 0.374 e. The second-order valence-corrected chi connectivity index (χ2v) is 4.66. The fourth-order valence-electron chi connectivity index (χ4n) is 1.62. The molecule has 0 atom stereocenters. The Morgan fingerprint density at radius 3 is 2.65 bits per heavy atom. The van der Waals surface area contributed by atoms with Crippen LogP contribution in [-0.4, -0.2) is 18.9 Å². The summed E-state index contributed by atoms with van der Waals surface area (Å²) in [6, 6.07) is 5.83. The van der Waals surface area contributed by atoms with Gasteiger partial charge in [0.2, 0.25) is 5.91 Å². The van der Waals surface area contributed by atoms with Gasteiger partial charge in [-0.25, -0.2) is 0 Å². The van der Waals surface area contributed by atoms with Crippen LogP contribution in [0.5, 0.6) is 0 Å². The molecular weight excluding hydrogens is 238 g/mol. The maximum absolute atomic E-state index is 11.4. The van der Waals surface area contributed by atoms with Gasteiger partial charge in [-0.2, -0.15) is 0 Å². The first-order valence-electron chi connectivity index (χ1n) is 5.43. The van der Waals surface area contributed by atoms with E-state index in [1.54, 1.807) is 7.11 Å². The molecule has 0 saturated carbocycles. The normalized spacial score (nSPS) is 11.4. The molecule has 0 bridgehead atoms. The minimum Gasteiger partial charge on any atom is -0.374 e. The molecule has 17 heavy (non-hydrogen) atoms. The molecule has 3 nitrogen and oxygen atoms in total. The molecule has 0 aromatic heterocycles. The van der Waals surface area contributed by atoms with Crippen LogP contribution in [0.2, 0.25) is 0 Å². The molecule has 1 N–H and O–H groups in total. The quantitative estimate of drug-likeness (QED) is 0.840. The second-order valence-electron chi connectivity index (χ2n) is 4.39. The van der Waals surface area contributed by atoms with Crippen LogP contribution in [0, 0.1) is 6.92 Å². The van der Waals surface area contributed by atoms with E-state index < -0.39 is 5.60 Å². The fraction of sp³-hybridized carbons (Fsp3) is 0.462. The number of benzene rings is 1. The monoisotopic (exact) mass is 255 g/mol. The summed E-state index contributed by atoms with van der Waals surface area (Å²) in [5.74, 6) is -0.268. The van der Waals surface area contributed by atoms with Crippen LogP contribution >= 0.6 is 11.6 Å². The number of anilines is 1. The number of carbonyl (C=O) groups excluding carboxylic acids is 1. The SMILES string of the molecule is COC(C)(C)c1cccc(C)c1NC(=O)CCl. The highest BCUT2D eigenvalue weighted by Gasteiger charge is 2.24. The summed E-state index contributed by atoms with van der Waals surface area (Å²) >= 11 is 5.51. The molecule has 0 radical (unpaired) electrons. The maximum Gasteiger partial charge on any atom is 0.239 e. The predicted octanol–water partition coefficient (Wildman–Crippen LogP) is 3.05. The van der Waals surface area contributed by atoms with Gasteiger partial charge in [0, 0.05) is 18.4 Å². The van der Waals surface area contributed by atoms with E-state index in [4.69, 9.17) is 16.3 Å². The number of rotatable bonds is 4. The van der Waals surface area contributed by atoms with Crippen molar-refractivity contribution in [1.82, 2.24) is 0 Å². The van der Waals surface area contributed by atoms with Crippen LogP contribution in [0.3, 0.4) is 0 Å². The molecule has 0 aliphatic carbocycles. The number of hydrogen-bond donors (Lipinski definition) is 1. The smallest absolute Gasteiger partial charge is 0.239 e. The summed E-state index contributed by atoms with van der Waals surface area (Å²) in [5.41, 5.74) is 2.26. The van der Waals surface area contributed by atoms with E-state index >= 15 is 0 Å². The third-order valence-corrected chi connectivity index (χ3v) is 3.06. The van der Waals surface area contributed by atoms with Gasteiger partial charge in [-0.1, -0.05) is 18.2 Å². The molecule has 0 spiro atoms. The first-order chi connectivity index (χ1) is 7.92. The third-order valence-electron chi connectivity index (χ3n) is 2.82. The van der Waals surface area contributed by atoms with Crippen molar-refractivity contribution in [2.24, 2.45) is 0 Å². The highest BCUT2D eigenvalue weighted by Crippen LogP contribution is 2.32. The zero-order chi connectivity index (χ0) is 13.1. The molecule has 0 aliphatic heterocycles. The fourth-order valence-corrected chi connectivity index (χ4v) is 1.68. The molecule has 1 aromatic rings. The lowest BCUT2D eigenvalue weighted by Crippen LogP contribution is -2.24. The van der Waals surface area contributed by atoms with Gasteiger partial charge in [0.1, 0.15) is 5.88 Å². The van der Waals surface area contributed by atoms with Crippen LogP contribution in [0.15, 0.2) is 18.2 Å². The topological polar surface area (TPSA) is 38.3 Å². The van der Waals surface area contributed by atoms with Crippen molar-refractivity contribution in [3.8, 4) is 0 Å². The van der Waals surface area contributed by atoms with Gasteiger partial charge in [-0.15, -0.1) is 11.6 Å². The number of nitrogens with one attached hydrogen (secondary N) is 1. The van der Waals surface area contributed by atoms with Gasteiger partial charge in [0.05, 0.1) is 5.60 Å². The molecule has 0 aliphatic rings. The van der Waals surface area contributed by atoms with Crippen molar-refractivity contribution in [3.05, 3.63) is 29.3 Å². The Balaban J connectivity index is 3.22. The van der Waals surface area contributed by atoms with Gasteiger partial charge in [0.25, 0.3) is 0 Å². The molecule has 0 unspecified atom stereocenters. The van der Waals surface area contributed by atoms with Crippen LogP contribution in [-0.2, 0) is 15.1 Å². The van der Waals surface area contributed by atoms with Gasteiger partial charge in [-0.3, -0.25) is 4.79 Å². The van der Waals surface area contributed by atoms with Gasteiger partial charge < -0.3 is 10.1 Å². The lowest BCUT2D eigenvalue weighted by molar-refractivity contribution is -0.113.